The van der Waals surface area contributed by atoms with Gasteiger partial charge < -0.3 is 4.74 Å². The van der Waals surface area contributed by atoms with Crippen molar-refractivity contribution < 1.29 is 9.66 Å². The predicted molar refractivity (Wildman–Crippen MR) is 74.7 cm³/mol. The molecule has 1 heterocycles. The first kappa shape index (κ1) is 13.8. The molecule has 0 radical (unpaired) electrons. The van der Waals surface area contributed by atoms with E-state index < -0.39 is 4.92 Å². The van der Waals surface area contributed by atoms with Gasteiger partial charge >= 0.3 is 5.69 Å². The summed E-state index contributed by atoms with van der Waals surface area (Å²) >= 11 is 8.91. The van der Waals surface area contributed by atoms with E-state index in [-0.39, 0.29) is 17.3 Å². The molecular weight excluding hydrogens is 336 g/mol. The van der Waals surface area contributed by atoms with Crippen molar-refractivity contribution in [3.63, 3.8) is 0 Å². The molecule has 7 heteroatoms. The Kier molecular flexibility index (Phi) is 4.34. The minimum absolute atomic E-state index is 0.127. The van der Waals surface area contributed by atoms with Crippen molar-refractivity contribution in [2.45, 2.75) is 5.88 Å². The molecule has 98 valence electrons. The van der Waals surface area contributed by atoms with Crippen molar-refractivity contribution in [2.24, 2.45) is 0 Å². The molecule has 2 rings (SSSR count). The Balaban J connectivity index is 2.36. The Labute approximate surface area is 122 Å². The summed E-state index contributed by atoms with van der Waals surface area (Å²) in [5.74, 6) is 0.773. The second kappa shape index (κ2) is 5.99. The second-order valence-electron chi connectivity index (χ2n) is 3.63. The summed E-state index contributed by atoms with van der Waals surface area (Å²) in [6.45, 7) is 0. The van der Waals surface area contributed by atoms with Gasteiger partial charge in [0.1, 0.15) is 5.75 Å². The van der Waals surface area contributed by atoms with Gasteiger partial charge in [-0.3, -0.25) is 15.1 Å². The van der Waals surface area contributed by atoms with Crippen LogP contribution in [-0.4, -0.2) is 9.91 Å². The standard InChI is InChI=1S/C12H8BrClN2O3/c13-9-4-10(7-15-6-9)19-12-2-1-8(5-14)3-11(12)16(17)18/h1-4,6-7H,5H2. The molecule has 0 aliphatic heterocycles. The quantitative estimate of drug-likeness (QED) is 0.472. The molecule has 0 saturated heterocycles. The van der Waals surface area contributed by atoms with Crippen LogP contribution in [0.1, 0.15) is 5.56 Å². The minimum atomic E-state index is -0.503. The maximum Gasteiger partial charge on any atom is 0.311 e. The Morgan fingerprint density at radius 2 is 2.16 bits per heavy atom. The van der Waals surface area contributed by atoms with E-state index in [1.54, 1.807) is 18.3 Å². The molecule has 2 aromatic rings. The Bertz CT molecular complexity index is 622. The van der Waals surface area contributed by atoms with E-state index in [1.165, 1.54) is 18.3 Å². The number of rotatable bonds is 4. The molecule has 5 nitrogen and oxygen atoms in total. The predicted octanol–water partition coefficient (Wildman–Crippen LogP) is 4.28. The number of benzene rings is 1. The fourth-order valence-electron chi connectivity index (χ4n) is 1.45. The fourth-order valence-corrected chi connectivity index (χ4v) is 1.96. The zero-order valence-corrected chi connectivity index (χ0v) is 11.9. The van der Waals surface area contributed by atoms with Crippen LogP contribution in [0.25, 0.3) is 0 Å². The van der Waals surface area contributed by atoms with E-state index in [2.05, 4.69) is 20.9 Å². The van der Waals surface area contributed by atoms with Crippen molar-refractivity contribution in [3.8, 4) is 11.5 Å². The third-order valence-corrected chi connectivity index (χ3v) is 3.02. The third-order valence-electron chi connectivity index (χ3n) is 2.28. The molecule has 0 saturated carbocycles. The van der Waals surface area contributed by atoms with Gasteiger partial charge in [-0.05, 0) is 33.6 Å². The summed E-state index contributed by atoms with van der Waals surface area (Å²) in [5.41, 5.74) is 0.534. The molecule has 0 atom stereocenters. The number of nitrogens with zero attached hydrogens (tertiary/aromatic N) is 2. The molecule has 1 aromatic carbocycles. The zero-order valence-electron chi connectivity index (χ0n) is 9.55. The summed E-state index contributed by atoms with van der Waals surface area (Å²) in [6.07, 6.45) is 3.07. The molecule has 0 aliphatic rings. The van der Waals surface area contributed by atoms with Crippen LogP contribution in [0, 0.1) is 10.1 Å². The lowest BCUT2D eigenvalue weighted by Gasteiger charge is -2.07. The molecule has 0 aliphatic carbocycles. The summed E-state index contributed by atoms with van der Waals surface area (Å²) in [5, 5.41) is 11.0. The van der Waals surface area contributed by atoms with Crippen LogP contribution in [0.2, 0.25) is 0 Å². The lowest BCUT2D eigenvalue weighted by atomic mass is 10.2. The van der Waals surface area contributed by atoms with E-state index in [1.807, 2.05) is 0 Å². The molecular formula is C12H8BrClN2O3. The molecule has 0 spiro atoms. The van der Waals surface area contributed by atoms with E-state index in [0.29, 0.717) is 11.3 Å². The Morgan fingerprint density at radius 3 is 2.79 bits per heavy atom. The lowest BCUT2D eigenvalue weighted by molar-refractivity contribution is -0.385. The second-order valence-corrected chi connectivity index (χ2v) is 4.82. The zero-order chi connectivity index (χ0) is 13.8. The van der Waals surface area contributed by atoms with Crippen molar-refractivity contribution in [3.05, 3.63) is 56.8 Å². The highest BCUT2D eigenvalue weighted by Gasteiger charge is 2.16. The highest BCUT2D eigenvalue weighted by atomic mass is 79.9. The Hall–Kier alpha value is -1.66. The van der Waals surface area contributed by atoms with Gasteiger partial charge in [0.2, 0.25) is 5.75 Å². The molecule has 0 bridgehead atoms. The average molecular weight is 344 g/mol. The number of aromatic nitrogens is 1. The van der Waals surface area contributed by atoms with Crippen LogP contribution in [0.3, 0.4) is 0 Å². The molecule has 19 heavy (non-hydrogen) atoms. The largest absolute Gasteiger partial charge is 0.448 e. The van der Waals surface area contributed by atoms with Crippen molar-refractivity contribution in [1.29, 1.82) is 0 Å². The van der Waals surface area contributed by atoms with Crippen molar-refractivity contribution in [2.75, 3.05) is 0 Å². The number of hydrogen-bond acceptors (Lipinski definition) is 4. The highest BCUT2D eigenvalue weighted by Crippen LogP contribution is 2.32. The SMILES string of the molecule is O=[N+]([O-])c1cc(CCl)ccc1Oc1cncc(Br)c1. The molecule has 0 amide bonds. The maximum absolute atomic E-state index is 11.0. The van der Waals surface area contributed by atoms with E-state index >= 15 is 0 Å². The van der Waals surface area contributed by atoms with Gasteiger partial charge in [-0.2, -0.15) is 0 Å². The number of ether oxygens (including phenoxy) is 1. The Morgan fingerprint density at radius 1 is 1.37 bits per heavy atom. The summed E-state index contributed by atoms with van der Waals surface area (Å²) in [4.78, 5) is 14.4. The van der Waals surface area contributed by atoms with E-state index in [0.717, 1.165) is 4.47 Å². The number of nitro benzene ring substituents is 1. The van der Waals surface area contributed by atoms with Gasteiger partial charge in [0, 0.05) is 22.6 Å². The van der Waals surface area contributed by atoms with Crippen LogP contribution in [0.5, 0.6) is 11.5 Å². The summed E-state index contributed by atoms with van der Waals surface area (Å²) < 4.78 is 6.20. The number of alkyl halides is 1. The number of nitro groups is 1. The van der Waals surface area contributed by atoms with Gasteiger partial charge in [-0.15, -0.1) is 11.6 Å². The van der Waals surface area contributed by atoms with Gasteiger partial charge in [0.05, 0.1) is 11.1 Å². The normalized spacial score (nSPS) is 10.2. The molecule has 0 unspecified atom stereocenters. The van der Waals surface area contributed by atoms with Gasteiger partial charge in [-0.1, -0.05) is 6.07 Å². The van der Waals surface area contributed by atoms with Crippen LogP contribution in [0.15, 0.2) is 41.1 Å². The third kappa shape index (κ3) is 3.42. The first-order valence-electron chi connectivity index (χ1n) is 5.22. The molecule has 0 N–H and O–H groups in total. The van der Waals surface area contributed by atoms with Crippen LogP contribution < -0.4 is 4.74 Å². The van der Waals surface area contributed by atoms with Crippen LogP contribution in [0.4, 0.5) is 5.69 Å². The first-order valence-corrected chi connectivity index (χ1v) is 6.54. The molecule has 1 aromatic heterocycles. The maximum atomic E-state index is 11.0. The summed E-state index contributed by atoms with van der Waals surface area (Å²) in [7, 11) is 0. The number of halogens is 2. The van der Waals surface area contributed by atoms with Gasteiger partial charge in [0.15, 0.2) is 0 Å². The topological polar surface area (TPSA) is 65.3 Å². The number of pyridine rings is 1. The van der Waals surface area contributed by atoms with Gasteiger partial charge in [0.25, 0.3) is 0 Å². The monoisotopic (exact) mass is 342 g/mol. The van der Waals surface area contributed by atoms with Crippen molar-refractivity contribution in [1.82, 2.24) is 4.98 Å². The van der Waals surface area contributed by atoms with E-state index in [9.17, 15) is 10.1 Å². The van der Waals surface area contributed by atoms with E-state index in [4.69, 9.17) is 16.3 Å². The smallest absolute Gasteiger partial charge is 0.311 e. The lowest BCUT2D eigenvalue weighted by Crippen LogP contribution is -1.95. The van der Waals surface area contributed by atoms with Gasteiger partial charge in [-0.25, -0.2) is 0 Å². The number of hydrogen-bond donors (Lipinski definition) is 0. The first-order chi connectivity index (χ1) is 9.10. The van der Waals surface area contributed by atoms with Crippen molar-refractivity contribution >= 4 is 33.2 Å². The average Bonchev–Trinajstić information content (AvgIpc) is 2.39. The molecule has 0 fully saturated rings. The van der Waals surface area contributed by atoms with Crippen LogP contribution >= 0.6 is 27.5 Å². The summed E-state index contributed by atoms with van der Waals surface area (Å²) in [6, 6.07) is 6.28. The minimum Gasteiger partial charge on any atom is -0.448 e. The van der Waals surface area contributed by atoms with Crippen LogP contribution in [-0.2, 0) is 5.88 Å². The fraction of sp³-hybridized carbons (Fsp3) is 0.0833. The highest BCUT2D eigenvalue weighted by molar-refractivity contribution is 9.10.